The van der Waals surface area contributed by atoms with Crippen molar-refractivity contribution in [1.29, 1.82) is 0 Å². The summed E-state index contributed by atoms with van der Waals surface area (Å²) < 4.78 is 0. The summed E-state index contributed by atoms with van der Waals surface area (Å²) in [7, 11) is 0. The molecule has 0 amide bonds. The van der Waals surface area contributed by atoms with Crippen molar-refractivity contribution in [1.82, 2.24) is 0 Å². The summed E-state index contributed by atoms with van der Waals surface area (Å²) in [6.07, 6.45) is 12.7. The Kier molecular flexibility index (Phi) is 13.4. The van der Waals surface area contributed by atoms with E-state index in [1.807, 2.05) is 45.1 Å². The Morgan fingerprint density at radius 2 is 1.73 bits per heavy atom. The summed E-state index contributed by atoms with van der Waals surface area (Å²) in [5.74, 6) is 0. The average Bonchev–Trinajstić information content (AvgIpc) is 2.46. The van der Waals surface area contributed by atoms with Gasteiger partial charge in [-0.25, -0.2) is 0 Å². The second kappa shape index (κ2) is 13.1. The van der Waals surface area contributed by atoms with Crippen molar-refractivity contribution in [2.75, 3.05) is 6.61 Å². The number of allylic oxidation sites excluding steroid dienone is 6. The molecule has 0 bridgehead atoms. The lowest BCUT2D eigenvalue weighted by molar-refractivity contribution is 0.115. The molecule has 0 radical (unpaired) electrons. The zero-order chi connectivity index (χ0) is 17.6. The molecule has 0 spiro atoms. The Hall–Kier alpha value is -1.64. The van der Waals surface area contributed by atoms with Crippen LogP contribution in [-0.2, 0) is 0 Å². The zero-order valence-corrected chi connectivity index (χ0v) is 14.6. The van der Waals surface area contributed by atoms with Gasteiger partial charge in [-0.2, -0.15) is 0 Å². The summed E-state index contributed by atoms with van der Waals surface area (Å²) >= 11 is 0. The smallest absolute Gasteiger partial charge is 0.0831 e. The van der Waals surface area contributed by atoms with Crippen LogP contribution < -0.4 is 0 Å². The van der Waals surface area contributed by atoms with Gasteiger partial charge in [0.2, 0.25) is 0 Å². The molecule has 1 unspecified atom stereocenters. The Balaban J connectivity index is 0. The van der Waals surface area contributed by atoms with Gasteiger partial charge in [0.05, 0.1) is 12.2 Å². The van der Waals surface area contributed by atoms with Crippen LogP contribution in [0.5, 0.6) is 0 Å². The molecule has 0 aliphatic rings. The van der Waals surface area contributed by atoms with Gasteiger partial charge in [-0.05, 0) is 40.5 Å². The minimum absolute atomic E-state index is 0.154. The fraction of sp³-hybridized carbons (Fsp3) is 0.400. The Morgan fingerprint density at radius 3 is 2.14 bits per heavy atom. The highest BCUT2D eigenvalue weighted by Crippen LogP contribution is 2.10. The molecule has 2 nitrogen and oxygen atoms in total. The standard InChI is InChI=1S/2C10H16O/c1-5-10(4,11)8-6-7-9(2)3;1-4-9(2)6-5-7-10(3)8-11/h5-7,11H,1-2,8H2,3-4H3;4,6-7,11H,1,5,8H2,2-3H3. The molecule has 0 aliphatic heterocycles. The second-order valence-electron chi connectivity index (χ2n) is 5.61. The van der Waals surface area contributed by atoms with E-state index in [0.29, 0.717) is 6.42 Å². The molecule has 1 atom stereocenters. The van der Waals surface area contributed by atoms with E-state index >= 15 is 0 Å². The van der Waals surface area contributed by atoms with E-state index in [-0.39, 0.29) is 6.61 Å². The first kappa shape index (κ1) is 22.6. The highest BCUT2D eigenvalue weighted by Gasteiger charge is 2.11. The van der Waals surface area contributed by atoms with E-state index in [1.54, 1.807) is 6.92 Å². The minimum atomic E-state index is -0.786. The number of hydrogen-bond donors (Lipinski definition) is 2. The molecular formula is C20H32O2. The quantitative estimate of drug-likeness (QED) is 0.495. The predicted octanol–water partition coefficient (Wildman–Crippen LogP) is 4.89. The van der Waals surface area contributed by atoms with Crippen molar-refractivity contribution in [3.05, 3.63) is 72.9 Å². The van der Waals surface area contributed by atoms with Crippen LogP contribution in [0, 0.1) is 0 Å². The van der Waals surface area contributed by atoms with E-state index in [4.69, 9.17) is 5.11 Å². The monoisotopic (exact) mass is 304 g/mol. The molecule has 0 aromatic rings. The van der Waals surface area contributed by atoms with Gasteiger partial charge in [0.25, 0.3) is 0 Å². The lowest BCUT2D eigenvalue weighted by Gasteiger charge is -2.14. The van der Waals surface area contributed by atoms with Crippen molar-refractivity contribution in [2.24, 2.45) is 0 Å². The molecule has 0 saturated heterocycles. The summed E-state index contributed by atoms with van der Waals surface area (Å²) in [4.78, 5) is 0. The Morgan fingerprint density at radius 1 is 1.14 bits per heavy atom. The van der Waals surface area contributed by atoms with E-state index < -0.39 is 5.60 Å². The van der Waals surface area contributed by atoms with Gasteiger partial charge in [-0.1, -0.05) is 66.3 Å². The fourth-order valence-corrected chi connectivity index (χ4v) is 1.18. The maximum Gasteiger partial charge on any atom is 0.0831 e. The van der Waals surface area contributed by atoms with Crippen LogP contribution in [-0.4, -0.2) is 22.4 Å². The van der Waals surface area contributed by atoms with E-state index in [9.17, 15) is 5.11 Å². The molecule has 124 valence electrons. The van der Waals surface area contributed by atoms with Gasteiger partial charge < -0.3 is 10.2 Å². The fourth-order valence-electron chi connectivity index (χ4n) is 1.18. The van der Waals surface area contributed by atoms with Crippen molar-refractivity contribution in [3.63, 3.8) is 0 Å². The van der Waals surface area contributed by atoms with Crippen LogP contribution in [0.3, 0.4) is 0 Å². The lowest BCUT2D eigenvalue weighted by atomic mass is 10.0. The molecular weight excluding hydrogens is 272 g/mol. The molecule has 0 heterocycles. The summed E-state index contributed by atoms with van der Waals surface area (Å²) in [6.45, 7) is 18.6. The van der Waals surface area contributed by atoms with Crippen LogP contribution >= 0.6 is 0 Å². The van der Waals surface area contributed by atoms with Gasteiger partial charge in [0.1, 0.15) is 0 Å². The number of hydrogen-bond acceptors (Lipinski definition) is 2. The van der Waals surface area contributed by atoms with Crippen molar-refractivity contribution < 1.29 is 10.2 Å². The zero-order valence-electron chi connectivity index (χ0n) is 14.6. The van der Waals surface area contributed by atoms with E-state index in [0.717, 1.165) is 17.6 Å². The average molecular weight is 304 g/mol. The van der Waals surface area contributed by atoms with Crippen LogP contribution in [0.15, 0.2) is 72.9 Å². The Labute approximate surface area is 136 Å². The van der Waals surface area contributed by atoms with E-state index in [2.05, 4.69) is 25.8 Å². The summed E-state index contributed by atoms with van der Waals surface area (Å²) in [6, 6.07) is 0. The van der Waals surface area contributed by atoms with Crippen molar-refractivity contribution >= 4 is 0 Å². The van der Waals surface area contributed by atoms with E-state index in [1.165, 1.54) is 11.6 Å². The lowest BCUT2D eigenvalue weighted by Crippen LogP contribution is -2.18. The third-order valence-electron chi connectivity index (χ3n) is 2.85. The van der Waals surface area contributed by atoms with Crippen LogP contribution in [0.4, 0.5) is 0 Å². The first-order chi connectivity index (χ1) is 10.2. The molecule has 0 aromatic heterocycles. The van der Waals surface area contributed by atoms with Crippen LogP contribution in [0.2, 0.25) is 0 Å². The molecule has 2 N–H and O–H groups in total. The van der Waals surface area contributed by atoms with Gasteiger partial charge in [0.15, 0.2) is 0 Å². The maximum absolute atomic E-state index is 9.44. The highest BCUT2D eigenvalue weighted by molar-refractivity contribution is 5.15. The number of aliphatic hydroxyl groups is 2. The molecule has 0 rings (SSSR count). The molecule has 22 heavy (non-hydrogen) atoms. The SMILES string of the molecule is C=CC(C)(O)CC=CC(=C)C.C=CC(C)=CCC=C(C)CO. The number of rotatable bonds is 8. The van der Waals surface area contributed by atoms with Crippen LogP contribution in [0.1, 0.15) is 40.5 Å². The third kappa shape index (κ3) is 16.4. The Bertz CT molecular complexity index is 435. The van der Waals surface area contributed by atoms with Crippen LogP contribution in [0.25, 0.3) is 0 Å². The molecule has 0 aliphatic carbocycles. The number of aliphatic hydroxyl groups excluding tert-OH is 1. The van der Waals surface area contributed by atoms with Gasteiger partial charge in [-0.15, -0.1) is 6.58 Å². The summed E-state index contributed by atoms with van der Waals surface area (Å²) in [5.41, 5.74) is 2.39. The largest absolute Gasteiger partial charge is 0.392 e. The van der Waals surface area contributed by atoms with Crippen molar-refractivity contribution in [3.8, 4) is 0 Å². The molecule has 0 fully saturated rings. The molecule has 0 aromatic carbocycles. The normalized spacial score (nSPS) is 14.8. The second-order valence-corrected chi connectivity index (χ2v) is 5.61. The molecule has 2 heteroatoms. The third-order valence-corrected chi connectivity index (χ3v) is 2.85. The van der Waals surface area contributed by atoms with Gasteiger partial charge in [-0.3, -0.25) is 0 Å². The van der Waals surface area contributed by atoms with Gasteiger partial charge in [0, 0.05) is 0 Å². The molecule has 0 saturated carbocycles. The first-order valence-corrected chi connectivity index (χ1v) is 7.42. The predicted molar refractivity (Wildman–Crippen MR) is 98.8 cm³/mol. The van der Waals surface area contributed by atoms with Crippen molar-refractivity contribution in [2.45, 2.75) is 46.1 Å². The van der Waals surface area contributed by atoms with Gasteiger partial charge >= 0.3 is 0 Å². The topological polar surface area (TPSA) is 40.5 Å². The first-order valence-electron chi connectivity index (χ1n) is 7.42. The maximum atomic E-state index is 9.44. The minimum Gasteiger partial charge on any atom is -0.392 e. The highest BCUT2D eigenvalue weighted by atomic mass is 16.3. The summed E-state index contributed by atoms with van der Waals surface area (Å²) in [5, 5.41) is 18.1.